The number of carboxylic acids is 1. The molecule has 0 bridgehead atoms. The maximum absolute atomic E-state index is 13.5. The van der Waals surface area contributed by atoms with Crippen molar-refractivity contribution < 1.29 is 23.8 Å². The standard InChI is InChI=1S/C11H10FNO4/c1-17-9-8(11(15)16)13(10(9)14)7-5-3-2-4-6(7)12/h2-5,8-9H,1H3,(H,15,16)/t8-,9+/m0/s1. The molecular formula is C11H10FNO4. The molecule has 2 rings (SSSR count). The number of methoxy groups -OCH3 is 1. The number of rotatable bonds is 3. The molecule has 0 unspecified atom stereocenters. The lowest BCUT2D eigenvalue weighted by molar-refractivity contribution is -0.156. The summed E-state index contributed by atoms with van der Waals surface area (Å²) >= 11 is 0. The third-order valence-electron chi connectivity index (χ3n) is 2.66. The van der Waals surface area contributed by atoms with E-state index in [0.717, 1.165) is 4.90 Å². The quantitative estimate of drug-likeness (QED) is 0.786. The molecule has 5 nitrogen and oxygen atoms in total. The van der Waals surface area contributed by atoms with E-state index in [-0.39, 0.29) is 5.69 Å². The third kappa shape index (κ3) is 1.66. The van der Waals surface area contributed by atoms with Crippen molar-refractivity contribution in [1.82, 2.24) is 0 Å². The Labute approximate surface area is 96.4 Å². The summed E-state index contributed by atoms with van der Waals surface area (Å²) in [7, 11) is 1.25. The normalized spacial score (nSPS) is 23.4. The summed E-state index contributed by atoms with van der Waals surface area (Å²) in [6.45, 7) is 0. The number of carboxylic acid groups (broad SMARTS) is 1. The summed E-state index contributed by atoms with van der Waals surface area (Å²) in [4.78, 5) is 23.5. The van der Waals surface area contributed by atoms with E-state index in [1.54, 1.807) is 0 Å². The molecule has 1 aromatic carbocycles. The number of amides is 1. The van der Waals surface area contributed by atoms with E-state index in [1.807, 2.05) is 0 Å². The minimum absolute atomic E-state index is 0.0433. The van der Waals surface area contributed by atoms with Gasteiger partial charge in [0, 0.05) is 7.11 Å². The van der Waals surface area contributed by atoms with Crippen LogP contribution in [0.5, 0.6) is 0 Å². The fraction of sp³-hybridized carbons (Fsp3) is 0.273. The molecule has 90 valence electrons. The van der Waals surface area contributed by atoms with Crippen molar-refractivity contribution in [1.29, 1.82) is 0 Å². The monoisotopic (exact) mass is 239 g/mol. The molecule has 0 spiro atoms. The summed E-state index contributed by atoms with van der Waals surface area (Å²) in [5, 5.41) is 8.98. The molecule has 0 aliphatic carbocycles. The molecule has 0 radical (unpaired) electrons. The van der Waals surface area contributed by atoms with Crippen LogP contribution in [0, 0.1) is 5.82 Å². The fourth-order valence-corrected chi connectivity index (χ4v) is 1.85. The number of ether oxygens (including phenoxy) is 1. The number of benzene rings is 1. The maximum atomic E-state index is 13.5. The van der Waals surface area contributed by atoms with Gasteiger partial charge in [-0.25, -0.2) is 9.18 Å². The van der Waals surface area contributed by atoms with Gasteiger partial charge in [-0.05, 0) is 12.1 Å². The molecule has 1 fully saturated rings. The average Bonchev–Trinajstić information content (AvgIpc) is 2.28. The highest BCUT2D eigenvalue weighted by Crippen LogP contribution is 2.31. The van der Waals surface area contributed by atoms with Crippen LogP contribution < -0.4 is 4.90 Å². The third-order valence-corrected chi connectivity index (χ3v) is 2.66. The molecule has 1 heterocycles. The lowest BCUT2D eigenvalue weighted by Gasteiger charge is -2.43. The Bertz CT molecular complexity index is 476. The Balaban J connectivity index is 2.36. The molecule has 17 heavy (non-hydrogen) atoms. The highest BCUT2D eigenvalue weighted by atomic mass is 19.1. The number of para-hydroxylation sites is 1. The van der Waals surface area contributed by atoms with Gasteiger partial charge in [0.05, 0.1) is 5.69 Å². The van der Waals surface area contributed by atoms with Crippen LogP contribution in [0.3, 0.4) is 0 Å². The summed E-state index contributed by atoms with van der Waals surface area (Å²) < 4.78 is 18.2. The predicted octanol–water partition coefficient (Wildman–Crippen LogP) is 0.641. The number of hydrogen-bond donors (Lipinski definition) is 1. The Morgan fingerprint density at radius 1 is 1.47 bits per heavy atom. The van der Waals surface area contributed by atoms with E-state index in [1.165, 1.54) is 31.4 Å². The van der Waals surface area contributed by atoms with Crippen LogP contribution in [0.4, 0.5) is 10.1 Å². The minimum atomic E-state index is -1.22. The highest BCUT2D eigenvalue weighted by molar-refractivity contribution is 6.12. The van der Waals surface area contributed by atoms with Crippen LogP contribution in [0.2, 0.25) is 0 Å². The van der Waals surface area contributed by atoms with Crippen molar-refractivity contribution in [3.05, 3.63) is 30.1 Å². The Morgan fingerprint density at radius 3 is 2.65 bits per heavy atom. The van der Waals surface area contributed by atoms with Crippen LogP contribution in [-0.4, -0.2) is 36.2 Å². The number of anilines is 1. The van der Waals surface area contributed by atoms with Gasteiger partial charge in [-0.2, -0.15) is 0 Å². The van der Waals surface area contributed by atoms with Crippen molar-refractivity contribution in [2.24, 2.45) is 0 Å². The van der Waals surface area contributed by atoms with Gasteiger partial charge in [-0.3, -0.25) is 9.69 Å². The van der Waals surface area contributed by atoms with Crippen molar-refractivity contribution in [2.75, 3.05) is 12.0 Å². The van der Waals surface area contributed by atoms with E-state index in [2.05, 4.69) is 0 Å². The Morgan fingerprint density at radius 2 is 2.12 bits per heavy atom. The first kappa shape index (κ1) is 11.5. The average molecular weight is 239 g/mol. The highest BCUT2D eigenvalue weighted by Gasteiger charge is 2.53. The zero-order valence-corrected chi connectivity index (χ0v) is 8.96. The first-order valence-electron chi connectivity index (χ1n) is 4.91. The summed E-state index contributed by atoms with van der Waals surface area (Å²) in [5.41, 5.74) is -0.0433. The molecule has 1 N–H and O–H groups in total. The number of halogens is 1. The molecular weight excluding hydrogens is 229 g/mol. The van der Waals surface area contributed by atoms with Gasteiger partial charge < -0.3 is 9.84 Å². The van der Waals surface area contributed by atoms with E-state index < -0.39 is 29.8 Å². The fourth-order valence-electron chi connectivity index (χ4n) is 1.85. The number of carbonyl (C=O) groups excluding carboxylic acids is 1. The topological polar surface area (TPSA) is 66.8 Å². The van der Waals surface area contributed by atoms with Crippen LogP contribution in [0.1, 0.15) is 0 Å². The summed E-state index contributed by atoms with van der Waals surface area (Å²) in [6, 6.07) is 4.35. The largest absolute Gasteiger partial charge is 0.480 e. The smallest absolute Gasteiger partial charge is 0.330 e. The summed E-state index contributed by atoms with van der Waals surface area (Å²) in [5.74, 6) is -2.41. The molecule has 1 aliphatic heterocycles. The zero-order valence-electron chi connectivity index (χ0n) is 8.96. The number of aliphatic carboxylic acids is 1. The molecule has 2 atom stereocenters. The number of hydrogen-bond acceptors (Lipinski definition) is 3. The molecule has 1 saturated heterocycles. The zero-order chi connectivity index (χ0) is 12.6. The van der Waals surface area contributed by atoms with E-state index in [0.29, 0.717) is 0 Å². The van der Waals surface area contributed by atoms with Crippen LogP contribution in [-0.2, 0) is 14.3 Å². The molecule has 6 heteroatoms. The number of carbonyl (C=O) groups is 2. The second-order valence-electron chi connectivity index (χ2n) is 3.60. The van der Waals surface area contributed by atoms with Crippen molar-refractivity contribution in [3.8, 4) is 0 Å². The maximum Gasteiger partial charge on any atom is 0.330 e. The first-order chi connectivity index (χ1) is 8.07. The summed E-state index contributed by atoms with van der Waals surface area (Å²) in [6.07, 6.45) is -1.05. The SMILES string of the molecule is CO[C@H]1C(=O)N(c2ccccc2F)[C@@H]1C(=O)O. The van der Waals surface area contributed by atoms with Crippen molar-refractivity contribution in [3.63, 3.8) is 0 Å². The van der Waals surface area contributed by atoms with Gasteiger partial charge >= 0.3 is 5.97 Å². The Hall–Kier alpha value is -1.95. The minimum Gasteiger partial charge on any atom is -0.480 e. The van der Waals surface area contributed by atoms with Gasteiger partial charge in [0.15, 0.2) is 12.1 Å². The molecule has 1 aliphatic rings. The van der Waals surface area contributed by atoms with Gasteiger partial charge in [0.1, 0.15) is 5.82 Å². The van der Waals surface area contributed by atoms with Crippen LogP contribution in [0.25, 0.3) is 0 Å². The van der Waals surface area contributed by atoms with E-state index in [9.17, 15) is 14.0 Å². The number of β-lactam (4-membered cyclic amide) rings is 1. The second kappa shape index (κ2) is 4.14. The van der Waals surface area contributed by atoms with Crippen molar-refractivity contribution in [2.45, 2.75) is 12.1 Å². The molecule has 0 aromatic heterocycles. The molecule has 0 saturated carbocycles. The lowest BCUT2D eigenvalue weighted by atomic mass is 9.96. The van der Waals surface area contributed by atoms with Crippen LogP contribution >= 0.6 is 0 Å². The van der Waals surface area contributed by atoms with E-state index in [4.69, 9.17) is 9.84 Å². The second-order valence-corrected chi connectivity index (χ2v) is 3.60. The van der Waals surface area contributed by atoms with E-state index >= 15 is 0 Å². The van der Waals surface area contributed by atoms with Gasteiger partial charge in [0.2, 0.25) is 0 Å². The Kier molecular flexibility index (Phi) is 2.81. The molecule has 1 aromatic rings. The lowest BCUT2D eigenvalue weighted by Crippen LogP contribution is -2.69. The molecule has 1 amide bonds. The van der Waals surface area contributed by atoms with Crippen LogP contribution in [0.15, 0.2) is 24.3 Å². The first-order valence-corrected chi connectivity index (χ1v) is 4.91. The van der Waals surface area contributed by atoms with Gasteiger partial charge in [0.25, 0.3) is 5.91 Å². The van der Waals surface area contributed by atoms with Gasteiger partial charge in [-0.1, -0.05) is 12.1 Å². The number of nitrogens with zero attached hydrogens (tertiary/aromatic N) is 1. The predicted molar refractivity (Wildman–Crippen MR) is 56.1 cm³/mol. The van der Waals surface area contributed by atoms with Crippen molar-refractivity contribution >= 4 is 17.6 Å². The van der Waals surface area contributed by atoms with Gasteiger partial charge in [-0.15, -0.1) is 0 Å².